The molecule has 1 amide bonds. The molecule has 7 heteroatoms. The van der Waals surface area contributed by atoms with Gasteiger partial charge in [0.1, 0.15) is 11.5 Å². The number of piperazine rings is 1. The number of amides is 1. The van der Waals surface area contributed by atoms with Crippen LogP contribution in [0.25, 0.3) is 0 Å². The molecule has 0 aliphatic carbocycles. The zero-order valence-corrected chi connectivity index (χ0v) is 22.3. The van der Waals surface area contributed by atoms with Crippen LogP contribution in [-0.4, -0.2) is 72.9 Å². The highest BCUT2D eigenvalue weighted by Gasteiger charge is 2.34. The van der Waals surface area contributed by atoms with Crippen molar-refractivity contribution in [3.8, 4) is 11.5 Å². The second-order valence-corrected chi connectivity index (χ2v) is 9.77. The number of nitrogens with zero attached hydrogens (tertiary/aromatic N) is 4. The van der Waals surface area contributed by atoms with Crippen molar-refractivity contribution in [3.63, 3.8) is 0 Å². The Bertz CT molecular complexity index is 1220. The van der Waals surface area contributed by atoms with E-state index in [4.69, 9.17) is 14.6 Å². The topological polar surface area (TPSA) is 57.6 Å². The van der Waals surface area contributed by atoms with E-state index in [0.29, 0.717) is 19.6 Å². The van der Waals surface area contributed by atoms with Gasteiger partial charge < -0.3 is 9.47 Å². The van der Waals surface area contributed by atoms with Gasteiger partial charge in [-0.2, -0.15) is 5.10 Å². The fourth-order valence-corrected chi connectivity index (χ4v) is 5.12. The maximum Gasteiger partial charge on any atom is 0.257 e. The number of carbonyl (C=O) groups excluding carboxylic acids is 1. The van der Waals surface area contributed by atoms with Crippen LogP contribution < -0.4 is 9.47 Å². The molecular formula is C31H36N4O3. The SMILES string of the molecule is CCOc1ccc([C@@H]2CC(c3ccc(OC)cc3)=NN2C(=O)CN2CCN(Cc3ccccc3)CC2)cc1. The fraction of sp³-hybridized carbons (Fsp3) is 0.355. The molecule has 2 heterocycles. The maximum absolute atomic E-state index is 13.6. The van der Waals surface area contributed by atoms with E-state index in [2.05, 4.69) is 40.1 Å². The van der Waals surface area contributed by atoms with Crippen molar-refractivity contribution in [1.29, 1.82) is 0 Å². The number of rotatable bonds is 9. The number of hydrazone groups is 1. The van der Waals surface area contributed by atoms with Crippen LogP contribution in [0.2, 0.25) is 0 Å². The summed E-state index contributed by atoms with van der Waals surface area (Å²) in [5.74, 6) is 1.66. The first-order valence-electron chi connectivity index (χ1n) is 13.4. The summed E-state index contributed by atoms with van der Waals surface area (Å²) in [6.07, 6.45) is 0.664. The number of methoxy groups -OCH3 is 1. The van der Waals surface area contributed by atoms with Crippen molar-refractivity contribution >= 4 is 11.6 Å². The molecule has 0 N–H and O–H groups in total. The van der Waals surface area contributed by atoms with E-state index in [1.807, 2.05) is 55.5 Å². The Labute approximate surface area is 225 Å². The van der Waals surface area contributed by atoms with Gasteiger partial charge in [-0.1, -0.05) is 42.5 Å². The number of benzene rings is 3. The van der Waals surface area contributed by atoms with Crippen molar-refractivity contribution in [2.45, 2.75) is 25.9 Å². The van der Waals surface area contributed by atoms with E-state index >= 15 is 0 Å². The smallest absolute Gasteiger partial charge is 0.257 e. The van der Waals surface area contributed by atoms with Gasteiger partial charge in [-0.3, -0.25) is 14.6 Å². The molecule has 0 radical (unpaired) electrons. The second-order valence-electron chi connectivity index (χ2n) is 9.77. The Kier molecular flexibility index (Phi) is 8.36. The van der Waals surface area contributed by atoms with E-state index in [1.165, 1.54) is 5.56 Å². The normalized spacial score (nSPS) is 18.3. The Morgan fingerprint density at radius 3 is 2.18 bits per heavy atom. The van der Waals surface area contributed by atoms with Crippen LogP contribution in [-0.2, 0) is 11.3 Å². The first-order valence-corrected chi connectivity index (χ1v) is 13.4. The molecule has 0 aromatic heterocycles. The first kappa shape index (κ1) is 25.9. The molecule has 1 fully saturated rings. The minimum Gasteiger partial charge on any atom is -0.497 e. The summed E-state index contributed by atoms with van der Waals surface area (Å²) in [7, 11) is 1.66. The van der Waals surface area contributed by atoms with Crippen molar-refractivity contribution in [2.24, 2.45) is 5.10 Å². The summed E-state index contributed by atoms with van der Waals surface area (Å²) in [6, 6.07) is 26.3. The molecular weight excluding hydrogens is 476 g/mol. The summed E-state index contributed by atoms with van der Waals surface area (Å²) in [5, 5.41) is 6.56. The predicted molar refractivity (Wildman–Crippen MR) is 150 cm³/mol. The lowest BCUT2D eigenvalue weighted by molar-refractivity contribution is -0.134. The summed E-state index contributed by atoms with van der Waals surface area (Å²) in [6.45, 7) is 7.55. The van der Waals surface area contributed by atoms with Gasteiger partial charge in [-0.25, -0.2) is 5.01 Å². The van der Waals surface area contributed by atoms with E-state index in [-0.39, 0.29) is 11.9 Å². The highest BCUT2D eigenvalue weighted by Crippen LogP contribution is 2.34. The molecule has 0 spiro atoms. The monoisotopic (exact) mass is 512 g/mol. The van der Waals surface area contributed by atoms with Gasteiger partial charge in [-0.05, 0) is 60.0 Å². The highest BCUT2D eigenvalue weighted by molar-refractivity contribution is 6.03. The zero-order valence-electron chi connectivity index (χ0n) is 22.3. The molecule has 2 aliphatic rings. The number of hydrogen-bond acceptors (Lipinski definition) is 6. The van der Waals surface area contributed by atoms with E-state index in [9.17, 15) is 4.79 Å². The molecule has 5 rings (SSSR count). The molecule has 7 nitrogen and oxygen atoms in total. The lowest BCUT2D eigenvalue weighted by Gasteiger charge is -2.35. The zero-order chi connectivity index (χ0) is 26.3. The molecule has 1 saturated heterocycles. The Morgan fingerprint density at radius 2 is 1.53 bits per heavy atom. The standard InChI is InChI=1S/C31H36N4O3/c1-3-38-28-15-11-26(12-16-28)30-21-29(25-9-13-27(37-2)14-10-25)32-35(30)31(36)23-34-19-17-33(18-20-34)22-24-7-5-4-6-8-24/h4-16,30H,3,17-23H2,1-2H3/t30-/m0/s1. The molecule has 2 aliphatic heterocycles. The molecule has 0 unspecified atom stereocenters. The van der Waals surface area contributed by atoms with Crippen LogP contribution >= 0.6 is 0 Å². The first-order chi connectivity index (χ1) is 18.6. The second kappa shape index (κ2) is 12.2. The van der Waals surface area contributed by atoms with E-state index in [1.54, 1.807) is 12.1 Å². The van der Waals surface area contributed by atoms with Crippen LogP contribution in [0.4, 0.5) is 0 Å². The lowest BCUT2D eigenvalue weighted by Crippen LogP contribution is -2.49. The van der Waals surface area contributed by atoms with Gasteiger partial charge in [0.05, 0.1) is 32.0 Å². The third-order valence-electron chi connectivity index (χ3n) is 7.24. The fourth-order valence-electron chi connectivity index (χ4n) is 5.12. The number of hydrogen-bond donors (Lipinski definition) is 0. The summed E-state index contributed by atoms with van der Waals surface area (Å²) in [5.41, 5.74) is 4.30. The maximum atomic E-state index is 13.6. The predicted octanol–water partition coefficient (Wildman–Crippen LogP) is 4.59. The van der Waals surface area contributed by atoms with Crippen molar-refractivity contribution in [3.05, 3.63) is 95.6 Å². The molecule has 198 valence electrons. The quantitative estimate of drug-likeness (QED) is 0.420. The summed E-state index contributed by atoms with van der Waals surface area (Å²) >= 11 is 0. The van der Waals surface area contributed by atoms with Crippen LogP contribution in [0.3, 0.4) is 0 Å². The van der Waals surface area contributed by atoms with Crippen LogP contribution in [0, 0.1) is 0 Å². The van der Waals surface area contributed by atoms with E-state index in [0.717, 1.165) is 61.1 Å². The summed E-state index contributed by atoms with van der Waals surface area (Å²) in [4.78, 5) is 18.3. The van der Waals surface area contributed by atoms with Gasteiger partial charge in [-0.15, -0.1) is 0 Å². The third kappa shape index (κ3) is 6.23. The molecule has 3 aromatic carbocycles. The van der Waals surface area contributed by atoms with Crippen LogP contribution in [0.5, 0.6) is 11.5 Å². The Balaban J connectivity index is 1.27. The molecule has 1 atom stereocenters. The largest absolute Gasteiger partial charge is 0.497 e. The average Bonchev–Trinajstić information content (AvgIpc) is 3.41. The van der Waals surface area contributed by atoms with Crippen LogP contribution in [0.1, 0.15) is 36.1 Å². The van der Waals surface area contributed by atoms with Crippen molar-refractivity contribution < 1.29 is 14.3 Å². The van der Waals surface area contributed by atoms with Crippen LogP contribution in [0.15, 0.2) is 84.0 Å². The molecule has 3 aromatic rings. The van der Waals surface area contributed by atoms with Gasteiger partial charge in [0.2, 0.25) is 0 Å². The Morgan fingerprint density at radius 1 is 0.868 bits per heavy atom. The number of carbonyl (C=O) groups is 1. The molecule has 0 bridgehead atoms. The lowest BCUT2D eigenvalue weighted by atomic mass is 9.98. The minimum atomic E-state index is -0.144. The van der Waals surface area contributed by atoms with Gasteiger partial charge in [0, 0.05) is 39.1 Å². The molecule has 0 saturated carbocycles. The Hall–Kier alpha value is -3.68. The minimum absolute atomic E-state index is 0.0314. The number of ether oxygens (including phenoxy) is 2. The average molecular weight is 513 g/mol. The van der Waals surface area contributed by atoms with Crippen molar-refractivity contribution in [1.82, 2.24) is 14.8 Å². The summed E-state index contributed by atoms with van der Waals surface area (Å²) < 4.78 is 10.9. The molecule has 38 heavy (non-hydrogen) atoms. The van der Waals surface area contributed by atoms with E-state index < -0.39 is 0 Å². The van der Waals surface area contributed by atoms with Gasteiger partial charge in [0.25, 0.3) is 5.91 Å². The van der Waals surface area contributed by atoms with Gasteiger partial charge in [0.15, 0.2) is 0 Å². The third-order valence-corrected chi connectivity index (χ3v) is 7.24. The van der Waals surface area contributed by atoms with Gasteiger partial charge >= 0.3 is 0 Å². The highest BCUT2D eigenvalue weighted by atomic mass is 16.5. The van der Waals surface area contributed by atoms with Crippen molar-refractivity contribution in [2.75, 3.05) is 46.4 Å².